The molecular formula is C15H23BN2O3. The molecule has 0 aliphatic carbocycles. The van der Waals surface area contributed by atoms with E-state index in [4.69, 9.17) is 14.0 Å². The SMILES string of the molecule is CC1(C)OB(c2cncc(C3CNCCO3)c2)OC1(C)C. The van der Waals surface area contributed by atoms with Gasteiger partial charge in [0, 0.05) is 36.5 Å². The van der Waals surface area contributed by atoms with Crippen LogP contribution in [0.3, 0.4) is 0 Å². The monoisotopic (exact) mass is 290 g/mol. The average molecular weight is 290 g/mol. The summed E-state index contributed by atoms with van der Waals surface area (Å²) in [5, 5.41) is 3.33. The van der Waals surface area contributed by atoms with Crippen molar-refractivity contribution in [3.8, 4) is 0 Å². The Labute approximate surface area is 126 Å². The summed E-state index contributed by atoms with van der Waals surface area (Å²) in [6.07, 6.45) is 3.71. The third-order valence-electron chi connectivity index (χ3n) is 4.61. The molecule has 21 heavy (non-hydrogen) atoms. The highest BCUT2D eigenvalue weighted by Crippen LogP contribution is 2.36. The van der Waals surface area contributed by atoms with Gasteiger partial charge >= 0.3 is 7.12 Å². The van der Waals surface area contributed by atoms with Crippen LogP contribution >= 0.6 is 0 Å². The Hall–Kier alpha value is -0.945. The zero-order valence-electron chi connectivity index (χ0n) is 13.2. The second-order valence-electron chi connectivity index (χ2n) is 6.70. The highest BCUT2D eigenvalue weighted by atomic mass is 16.7. The summed E-state index contributed by atoms with van der Waals surface area (Å²) >= 11 is 0. The molecule has 1 N–H and O–H groups in total. The van der Waals surface area contributed by atoms with Crippen molar-refractivity contribution in [1.29, 1.82) is 0 Å². The van der Waals surface area contributed by atoms with Crippen LogP contribution in [0.4, 0.5) is 0 Å². The van der Waals surface area contributed by atoms with Crippen LogP contribution in [0.2, 0.25) is 0 Å². The minimum Gasteiger partial charge on any atom is -0.399 e. The molecule has 2 saturated heterocycles. The van der Waals surface area contributed by atoms with Gasteiger partial charge in [-0.3, -0.25) is 4.98 Å². The van der Waals surface area contributed by atoms with E-state index in [1.165, 1.54) is 0 Å². The molecule has 3 rings (SSSR count). The van der Waals surface area contributed by atoms with Crippen molar-refractivity contribution in [2.45, 2.75) is 45.0 Å². The molecule has 2 fully saturated rings. The fourth-order valence-corrected chi connectivity index (χ4v) is 2.54. The number of nitrogens with one attached hydrogen (secondary N) is 1. The second-order valence-corrected chi connectivity index (χ2v) is 6.70. The van der Waals surface area contributed by atoms with Gasteiger partial charge in [-0.1, -0.05) is 6.07 Å². The van der Waals surface area contributed by atoms with Crippen molar-refractivity contribution in [1.82, 2.24) is 10.3 Å². The molecule has 0 aromatic carbocycles. The average Bonchev–Trinajstić information content (AvgIpc) is 2.69. The summed E-state index contributed by atoms with van der Waals surface area (Å²) in [5.41, 5.74) is 1.34. The Kier molecular flexibility index (Phi) is 3.82. The topological polar surface area (TPSA) is 52.6 Å². The highest BCUT2D eigenvalue weighted by Gasteiger charge is 2.51. The normalized spacial score (nSPS) is 27.8. The molecule has 0 radical (unpaired) electrons. The Morgan fingerprint density at radius 2 is 1.90 bits per heavy atom. The van der Waals surface area contributed by atoms with E-state index < -0.39 is 0 Å². The van der Waals surface area contributed by atoms with E-state index in [2.05, 4.69) is 44.1 Å². The van der Waals surface area contributed by atoms with Gasteiger partial charge in [0.25, 0.3) is 0 Å². The predicted octanol–water partition coefficient (Wildman–Crippen LogP) is 1.04. The van der Waals surface area contributed by atoms with Gasteiger partial charge in [-0.15, -0.1) is 0 Å². The van der Waals surface area contributed by atoms with Gasteiger partial charge in [0.1, 0.15) is 0 Å². The molecule has 1 aromatic heterocycles. The largest absolute Gasteiger partial charge is 0.496 e. The Balaban J connectivity index is 1.81. The Morgan fingerprint density at radius 1 is 1.19 bits per heavy atom. The Morgan fingerprint density at radius 3 is 2.52 bits per heavy atom. The summed E-state index contributed by atoms with van der Waals surface area (Å²) < 4.78 is 17.9. The van der Waals surface area contributed by atoms with Crippen LogP contribution in [0.25, 0.3) is 0 Å². The summed E-state index contributed by atoms with van der Waals surface area (Å²) in [4.78, 5) is 4.33. The minimum atomic E-state index is -0.376. The number of pyridine rings is 1. The van der Waals surface area contributed by atoms with Crippen LogP contribution in [0, 0.1) is 0 Å². The molecule has 0 saturated carbocycles. The lowest BCUT2D eigenvalue weighted by molar-refractivity contribution is 0.00578. The summed E-state index contributed by atoms with van der Waals surface area (Å²) in [6, 6.07) is 2.08. The van der Waals surface area contributed by atoms with E-state index in [0.717, 1.165) is 30.7 Å². The van der Waals surface area contributed by atoms with Crippen molar-refractivity contribution < 1.29 is 14.0 Å². The van der Waals surface area contributed by atoms with E-state index in [0.29, 0.717) is 0 Å². The number of morpholine rings is 1. The zero-order chi connectivity index (χ0) is 15.1. The number of hydrogen-bond acceptors (Lipinski definition) is 5. The molecule has 6 heteroatoms. The van der Waals surface area contributed by atoms with Gasteiger partial charge in [-0.2, -0.15) is 0 Å². The second kappa shape index (κ2) is 5.36. The summed E-state index contributed by atoms with van der Waals surface area (Å²) in [6.45, 7) is 10.7. The quantitative estimate of drug-likeness (QED) is 0.825. The predicted molar refractivity (Wildman–Crippen MR) is 81.5 cm³/mol. The van der Waals surface area contributed by atoms with Crippen LogP contribution in [0.5, 0.6) is 0 Å². The molecule has 114 valence electrons. The van der Waals surface area contributed by atoms with Crippen molar-refractivity contribution in [2.75, 3.05) is 19.7 Å². The molecule has 5 nitrogen and oxygen atoms in total. The number of ether oxygens (including phenoxy) is 1. The molecule has 1 aromatic rings. The molecular weight excluding hydrogens is 267 g/mol. The fourth-order valence-electron chi connectivity index (χ4n) is 2.54. The number of aromatic nitrogens is 1. The lowest BCUT2D eigenvalue weighted by atomic mass is 9.79. The first-order valence-corrected chi connectivity index (χ1v) is 7.52. The lowest BCUT2D eigenvalue weighted by Gasteiger charge is -2.32. The molecule has 0 amide bonds. The van der Waals surface area contributed by atoms with E-state index >= 15 is 0 Å². The molecule has 0 bridgehead atoms. The third kappa shape index (κ3) is 2.86. The van der Waals surface area contributed by atoms with Gasteiger partial charge in [0.15, 0.2) is 0 Å². The molecule has 1 unspecified atom stereocenters. The lowest BCUT2D eigenvalue weighted by Crippen LogP contribution is -2.41. The van der Waals surface area contributed by atoms with Crippen LogP contribution in [0.1, 0.15) is 39.4 Å². The van der Waals surface area contributed by atoms with Crippen molar-refractivity contribution in [2.24, 2.45) is 0 Å². The van der Waals surface area contributed by atoms with E-state index in [9.17, 15) is 0 Å². The molecule has 2 aliphatic heterocycles. The van der Waals surface area contributed by atoms with Crippen molar-refractivity contribution >= 4 is 12.6 Å². The summed E-state index contributed by atoms with van der Waals surface area (Å²) in [5.74, 6) is 0. The standard InChI is InChI=1S/C15H23BN2O3/c1-14(2)15(3,4)21-16(20-14)12-7-11(8-18-9-12)13-10-17-5-6-19-13/h7-9,13,17H,5-6,10H2,1-4H3. The number of rotatable bonds is 2. The van der Waals surface area contributed by atoms with E-state index in [-0.39, 0.29) is 24.4 Å². The zero-order valence-corrected chi connectivity index (χ0v) is 13.2. The third-order valence-corrected chi connectivity index (χ3v) is 4.61. The highest BCUT2D eigenvalue weighted by molar-refractivity contribution is 6.62. The maximum absolute atomic E-state index is 6.07. The van der Waals surface area contributed by atoms with Crippen LogP contribution in [-0.4, -0.2) is 43.0 Å². The van der Waals surface area contributed by atoms with Gasteiger partial charge in [0.2, 0.25) is 0 Å². The van der Waals surface area contributed by atoms with Crippen LogP contribution in [0.15, 0.2) is 18.5 Å². The van der Waals surface area contributed by atoms with Gasteiger partial charge in [-0.25, -0.2) is 0 Å². The first kappa shape index (κ1) is 15.0. The first-order chi connectivity index (χ1) is 9.89. The van der Waals surface area contributed by atoms with Crippen molar-refractivity contribution in [3.63, 3.8) is 0 Å². The number of nitrogens with zero attached hydrogens (tertiary/aromatic N) is 1. The first-order valence-electron chi connectivity index (χ1n) is 7.52. The Bertz CT molecular complexity index is 499. The van der Waals surface area contributed by atoms with Crippen LogP contribution < -0.4 is 10.8 Å². The molecule has 0 spiro atoms. The maximum atomic E-state index is 6.07. The molecule has 2 aliphatic rings. The maximum Gasteiger partial charge on any atom is 0.496 e. The smallest absolute Gasteiger partial charge is 0.399 e. The van der Waals surface area contributed by atoms with Crippen LogP contribution in [-0.2, 0) is 14.0 Å². The molecule has 1 atom stereocenters. The fraction of sp³-hybridized carbons (Fsp3) is 0.667. The summed E-state index contributed by atoms with van der Waals surface area (Å²) in [7, 11) is -0.376. The van der Waals surface area contributed by atoms with Gasteiger partial charge in [-0.05, 0) is 27.7 Å². The van der Waals surface area contributed by atoms with Gasteiger partial charge in [0.05, 0.1) is 23.9 Å². The van der Waals surface area contributed by atoms with E-state index in [1.54, 1.807) is 0 Å². The van der Waals surface area contributed by atoms with Gasteiger partial charge < -0.3 is 19.4 Å². The molecule has 3 heterocycles. The minimum absolute atomic E-state index is 0.0497. The van der Waals surface area contributed by atoms with Crippen molar-refractivity contribution in [3.05, 3.63) is 24.0 Å². The number of hydrogen-bond donors (Lipinski definition) is 1. The van der Waals surface area contributed by atoms with E-state index in [1.807, 2.05) is 12.4 Å².